The Labute approximate surface area is 97.2 Å². The van der Waals surface area contributed by atoms with Crippen molar-refractivity contribution in [2.24, 2.45) is 5.73 Å². The molecule has 0 aliphatic rings. The van der Waals surface area contributed by atoms with E-state index in [9.17, 15) is 4.79 Å². The van der Waals surface area contributed by atoms with Crippen molar-refractivity contribution in [3.05, 3.63) is 24.8 Å². The third kappa shape index (κ3) is 3.79. The number of aliphatic carboxylic acids is 1. The van der Waals surface area contributed by atoms with Gasteiger partial charge in [-0.05, 0) is 12.8 Å². The minimum absolute atomic E-state index is 0.0256. The third-order valence-corrected chi connectivity index (χ3v) is 3.05. The lowest BCUT2D eigenvalue weighted by molar-refractivity contribution is -0.132. The topological polar surface area (TPSA) is 75.3 Å². The van der Waals surface area contributed by atoms with Gasteiger partial charge in [0.25, 0.3) is 0 Å². The highest BCUT2D eigenvalue weighted by Crippen LogP contribution is 2.16. The van der Waals surface area contributed by atoms with Crippen molar-refractivity contribution in [2.75, 3.05) is 6.54 Å². The first-order valence-electron chi connectivity index (χ1n) is 5.48. The zero-order chi connectivity index (χ0) is 12.8. The quantitative estimate of drug-likeness (QED) is 0.430. The fourth-order valence-corrected chi connectivity index (χ4v) is 1.46. The van der Waals surface area contributed by atoms with Crippen molar-refractivity contribution >= 4 is 5.97 Å². The molecule has 0 aromatic rings. The summed E-state index contributed by atoms with van der Waals surface area (Å²) in [6, 6.07) is -0.574. The van der Waals surface area contributed by atoms with Crippen LogP contribution in [0, 0.1) is 0 Å². The molecular formula is C12H22N2O2. The third-order valence-electron chi connectivity index (χ3n) is 3.05. The minimum atomic E-state index is -1.05. The van der Waals surface area contributed by atoms with Crippen molar-refractivity contribution in [3.63, 3.8) is 0 Å². The van der Waals surface area contributed by atoms with Crippen LogP contribution in [0.5, 0.6) is 0 Å². The van der Waals surface area contributed by atoms with Gasteiger partial charge in [0, 0.05) is 23.7 Å². The van der Waals surface area contributed by atoms with E-state index in [0.29, 0.717) is 6.54 Å². The van der Waals surface area contributed by atoms with Gasteiger partial charge in [0.2, 0.25) is 0 Å². The van der Waals surface area contributed by atoms with Gasteiger partial charge in [0.1, 0.15) is 0 Å². The minimum Gasteiger partial charge on any atom is -0.478 e. The lowest BCUT2D eigenvalue weighted by atomic mass is 9.92. The summed E-state index contributed by atoms with van der Waals surface area (Å²) in [5.74, 6) is -1.05. The summed E-state index contributed by atoms with van der Waals surface area (Å²) in [5.41, 5.74) is 5.57. The van der Waals surface area contributed by atoms with Crippen LogP contribution in [-0.2, 0) is 4.79 Å². The van der Waals surface area contributed by atoms with E-state index in [1.165, 1.54) is 0 Å². The average molecular weight is 226 g/mol. The molecule has 4 heteroatoms. The van der Waals surface area contributed by atoms with Gasteiger partial charge in [-0.25, -0.2) is 4.79 Å². The highest BCUT2D eigenvalue weighted by molar-refractivity contribution is 5.87. The second kappa shape index (κ2) is 6.45. The van der Waals surface area contributed by atoms with E-state index in [2.05, 4.69) is 32.3 Å². The van der Waals surface area contributed by atoms with Gasteiger partial charge in [-0.15, -0.1) is 6.58 Å². The number of carboxylic acids is 1. The highest BCUT2D eigenvalue weighted by Gasteiger charge is 2.23. The summed E-state index contributed by atoms with van der Waals surface area (Å²) in [6.07, 6.45) is 3.63. The molecule has 0 spiro atoms. The van der Waals surface area contributed by atoms with Gasteiger partial charge < -0.3 is 16.2 Å². The summed E-state index contributed by atoms with van der Waals surface area (Å²) >= 11 is 0. The molecule has 0 rings (SSSR count). The molecule has 16 heavy (non-hydrogen) atoms. The van der Waals surface area contributed by atoms with Crippen LogP contribution in [0.2, 0.25) is 0 Å². The van der Waals surface area contributed by atoms with Crippen LogP contribution in [0.4, 0.5) is 0 Å². The monoisotopic (exact) mass is 226 g/mol. The van der Waals surface area contributed by atoms with Crippen molar-refractivity contribution < 1.29 is 9.90 Å². The first-order valence-corrected chi connectivity index (χ1v) is 5.48. The molecule has 4 nitrogen and oxygen atoms in total. The molecule has 92 valence electrons. The number of rotatable bonds is 8. The molecule has 0 amide bonds. The maximum Gasteiger partial charge on any atom is 0.332 e. The molecule has 0 aromatic heterocycles. The zero-order valence-electron chi connectivity index (χ0n) is 10.1. The first-order chi connectivity index (χ1) is 7.42. The van der Waals surface area contributed by atoms with Crippen LogP contribution in [-0.4, -0.2) is 29.2 Å². The second-order valence-electron chi connectivity index (χ2n) is 3.89. The second-order valence-corrected chi connectivity index (χ2v) is 3.89. The lowest BCUT2D eigenvalue weighted by Gasteiger charge is -2.31. The molecule has 1 atom stereocenters. The SMILES string of the molecule is C=CC(CC)(CC)NCC(N)C(=C)C(=O)O. The summed E-state index contributed by atoms with van der Waals surface area (Å²) < 4.78 is 0. The van der Waals surface area contributed by atoms with E-state index in [1.807, 2.05) is 6.08 Å². The predicted octanol–water partition coefficient (Wildman–Crippen LogP) is 1.29. The van der Waals surface area contributed by atoms with Crippen LogP contribution in [0.15, 0.2) is 24.8 Å². The van der Waals surface area contributed by atoms with Gasteiger partial charge in [0.05, 0.1) is 0 Å². The Morgan fingerprint density at radius 3 is 2.38 bits per heavy atom. The Balaban J connectivity index is 4.37. The number of carboxylic acid groups (broad SMARTS) is 1. The number of hydrogen-bond donors (Lipinski definition) is 3. The molecule has 0 saturated carbocycles. The Hall–Kier alpha value is -1.13. The van der Waals surface area contributed by atoms with E-state index in [0.717, 1.165) is 12.8 Å². The van der Waals surface area contributed by atoms with Gasteiger partial charge in [0.15, 0.2) is 0 Å². The molecule has 0 saturated heterocycles. The summed E-state index contributed by atoms with van der Waals surface area (Å²) in [7, 11) is 0. The Bertz CT molecular complexity index is 270. The maximum atomic E-state index is 10.6. The highest BCUT2D eigenvalue weighted by atomic mass is 16.4. The molecule has 4 N–H and O–H groups in total. The smallest absolute Gasteiger partial charge is 0.332 e. The molecule has 0 radical (unpaired) electrons. The zero-order valence-corrected chi connectivity index (χ0v) is 10.1. The maximum absolute atomic E-state index is 10.6. The normalized spacial score (nSPS) is 13.2. The van der Waals surface area contributed by atoms with Gasteiger partial charge in [-0.1, -0.05) is 26.5 Å². The Morgan fingerprint density at radius 1 is 1.56 bits per heavy atom. The van der Waals surface area contributed by atoms with E-state index < -0.39 is 12.0 Å². The standard InChI is InChI=1S/C12H22N2O2/c1-5-12(6-2,7-3)14-8-10(13)9(4)11(15)16/h5,10,14H,1,4,6-8,13H2,2-3H3,(H,15,16). The molecule has 0 aliphatic heterocycles. The average Bonchev–Trinajstić information content (AvgIpc) is 2.30. The molecule has 0 bridgehead atoms. The van der Waals surface area contributed by atoms with Crippen molar-refractivity contribution in [2.45, 2.75) is 38.3 Å². The van der Waals surface area contributed by atoms with E-state index in [1.54, 1.807) is 0 Å². The van der Waals surface area contributed by atoms with Crippen molar-refractivity contribution in [1.82, 2.24) is 5.32 Å². The molecule has 1 unspecified atom stereocenters. The molecular weight excluding hydrogens is 204 g/mol. The summed E-state index contributed by atoms with van der Waals surface area (Å²) in [4.78, 5) is 10.6. The van der Waals surface area contributed by atoms with Crippen LogP contribution < -0.4 is 11.1 Å². The Kier molecular flexibility index (Phi) is 6.00. The predicted molar refractivity (Wildman–Crippen MR) is 66.3 cm³/mol. The number of hydrogen-bond acceptors (Lipinski definition) is 3. The van der Waals surface area contributed by atoms with Crippen LogP contribution in [0.25, 0.3) is 0 Å². The molecule has 0 heterocycles. The molecule has 0 aromatic carbocycles. The number of carbonyl (C=O) groups is 1. The lowest BCUT2D eigenvalue weighted by Crippen LogP contribution is -2.48. The largest absolute Gasteiger partial charge is 0.478 e. The fraction of sp³-hybridized carbons (Fsp3) is 0.583. The van der Waals surface area contributed by atoms with Crippen molar-refractivity contribution in [3.8, 4) is 0 Å². The van der Waals surface area contributed by atoms with Gasteiger partial charge in [-0.2, -0.15) is 0 Å². The van der Waals surface area contributed by atoms with E-state index in [-0.39, 0.29) is 11.1 Å². The number of nitrogens with one attached hydrogen (secondary N) is 1. The fourth-order valence-electron chi connectivity index (χ4n) is 1.46. The van der Waals surface area contributed by atoms with E-state index >= 15 is 0 Å². The summed E-state index contributed by atoms with van der Waals surface area (Å²) in [6.45, 7) is 11.7. The van der Waals surface area contributed by atoms with Crippen LogP contribution in [0.3, 0.4) is 0 Å². The molecule has 0 aliphatic carbocycles. The van der Waals surface area contributed by atoms with Crippen LogP contribution in [0.1, 0.15) is 26.7 Å². The Morgan fingerprint density at radius 2 is 2.06 bits per heavy atom. The number of nitrogens with two attached hydrogens (primary N) is 1. The van der Waals surface area contributed by atoms with Gasteiger partial charge >= 0.3 is 5.97 Å². The first kappa shape index (κ1) is 14.9. The molecule has 0 fully saturated rings. The van der Waals surface area contributed by atoms with Crippen molar-refractivity contribution in [1.29, 1.82) is 0 Å². The van der Waals surface area contributed by atoms with E-state index in [4.69, 9.17) is 10.8 Å². The summed E-state index contributed by atoms with van der Waals surface area (Å²) in [5, 5.41) is 12.0. The van der Waals surface area contributed by atoms with Gasteiger partial charge in [-0.3, -0.25) is 0 Å². The van der Waals surface area contributed by atoms with Crippen LogP contribution >= 0.6 is 0 Å².